The van der Waals surface area contributed by atoms with Gasteiger partial charge in [-0.05, 0) is 29.9 Å². The zero-order chi connectivity index (χ0) is 16.4. The molecule has 2 aliphatic rings. The molecule has 0 aliphatic carbocycles. The Hall–Kier alpha value is -1.84. The van der Waals surface area contributed by atoms with E-state index in [9.17, 15) is 4.79 Å². The molecule has 2 aromatic carbocycles. The number of benzene rings is 2. The summed E-state index contributed by atoms with van der Waals surface area (Å²) in [5.74, 6) is 1.22. The maximum absolute atomic E-state index is 12.9. The van der Waals surface area contributed by atoms with Gasteiger partial charge in [0.05, 0.1) is 6.04 Å². The fourth-order valence-electron chi connectivity index (χ4n) is 4.08. The van der Waals surface area contributed by atoms with Crippen molar-refractivity contribution in [3.8, 4) is 0 Å². The average molecular weight is 357 g/mol. The third-order valence-electron chi connectivity index (χ3n) is 5.47. The van der Waals surface area contributed by atoms with Gasteiger partial charge in [0.15, 0.2) is 0 Å². The van der Waals surface area contributed by atoms with Gasteiger partial charge in [-0.3, -0.25) is 4.79 Å². The molecule has 2 saturated heterocycles. The largest absolute Gasteiger partial charge is 0.341 e. The number of carbonyl (C=O) groups excluding carboxylic acids is 1. The topological polar surface area (TPSA) is 32.3 Å². The second-order valence-corrected chi connectivity index (χ2v) is 6.98. The van der Waals surface area contributed by atoms with E-state index < -0.39 is 0 Å². The van der Waals surface area contributed by atoms with Gasteiger partial charge in [0, 0.05) is 25.6 Å². The highest BCUT2D eigenvalue weighted by Crippen LogP contribution is 2.30. The molecule has 3 nitrogen and oxygen atoms in total. The molecule has 0 radical (unpaired) electrons. The van der Waals surface area contributed by atoms with Gasteiger partial charge in [-0.2, -0.15) is 0 Å². The van der Waals surface area contributed by atoms with Crippen LogP contribution in [0.5, 0.6) is 0 Å². The lowest BCUT2D eigenvalue weighted by molar-refractivity contribution is -0.132. The summed E-state index contributed by atoms with van der Waals surface area (Å²) in [5, 5.41) is 3.45. The van der Waals surface area contributed by atoms with E-state index in [0.29, 0.717) is 11.8 Å². The molecule has 4 rings (SSSR count). The van der Waals surface area contributed by atoms with E-state index in [-0.39, 0.29) is 24.4 Å². The SMILES string of the molecule is Cl.O=C([C@@H]1C[C@H](c2ccccc2)CN1)N1CC[C@H](c2ccccc2)C1. The summed E-state index contributed by atoms with van der Waals surface area (Å²) < 4.78 is 0. The van der Waals surface area contributed by atoms with Crippen LogP contribution in [0.2, 0.25) is 0 Å². The van der Waals surface area contributed by atoms with E-state index in [1.165, 1.54) is 11.1 Å². The van der Waals surface area contributed by atoms with E-state index in [2.05, 4.69) is 58.7 Å². The predicted octanol–water partition coefficient (Wildman–Crippen LogP) is 3.57. The molecule has 25 heavy (non-hydrogen) atoms. The Labute approximate surface area is 155 Å². The molecule has 2 fully saturated rings. The highest BCUT2D eigenvalue weighted by molar-refractivity contribution is 5.85. The van der Waals surface area contributed by atoms with Gasteiger partial charge < -0.3 is 10.2 Å². The second kappa shape index (κ2) is 8.03. The van der Waals surface area contributed by atoms with Crippen molar-refractivity contribution in [2.45, 2.75) is 30.7 Å². The van der Waals surface area contributed by atoms with Gasteiger partial charge in [-0.25, -0.2) is 0 Å². The highest BCUT2D eigenvalue weighted by atomic mass is 35.5. The molecule has 1 amide bonds. The van der Waals surface area contributed by atoms with Crippen LogP contribution in [0.25, 0.3) is 0 Å². The standard InChI is InChI=1S/C21H24N2O.ClH/c24-21(20-13-19(14-22-20)17-9-5-2-6-10-17)23-12-11-18(15-23)16-7-3-1-4-8-16;/h1-10,18-20,22H,11-15H2;1H/t18-,19-,20-;/m0./s1. The molecular formula is C21H25ClN2O. The molecule has 0 unspecified atom stereocenters. The minimum absolute atomic E-state index is 0. The quantitative estimate of drug-likeness (QED) is 0.911. The van der Waals surface area contributed by atoms with Crippen molar-refractivity contribution >= 4 is 18.3 Å². The highest BCUT2D eigenvalue weighted by Gasteiger charge is 2.35. The molecule has 2 aromatic rings. The molecule has 0 aromatic heterocycles. The molecule has 3 atom stereocenters. The summed E-state index contributed by atoms with van der Waals surface area (Å²) in [5.41, 5.74) is 2.69. The number of rotatable bonds is 3. The third kappa shape index (κ3) is 3.88. The summed E-state index contributed by atoms with van der Waals surface area (Å²) in [6.45, 7) is 2.64. The normalized spacial score (nSPS) is 25.6. The van der Waals surface area contributed by atoms with Crippen molar-refractivity contribution in [1.29, 1.82) is 0 Å². The second-order valence-electron chi connectivity index (χ2n) is 6.98. The predicted molar refractivity (Wildman–Crippen MR) is 103 cm³/mol. The van der Waals surface area contributed by atoms with Gasteiger partial charge in [0.2, 0.25) is 5.91 Å². The first-order valence-electron chi connectivity index (χ1n) is 8.93. The Balaban J connectivity index is 0.00000182. The maximum atomic E-state index is 12.9. The van der Waals surface area contributed by atoms with Crippen molar-refractivity contribution in [1.82, 2.24) is 10.2 Å². The van der Waals surface area contributed by atoms with E-state index in [1.807, 2.05) is 12.1 Å². The lowest BCUT2D eigenvalue weighted by Gasteiger charge is -2.21. The Morgan fingerprint density at radius 2 is 1.52 bits per heavy atom. The Kier molecular flexibility index (Phi) is 5.77. The van der Waals surface area contributed by atoms with Crippen molar-refractivity contribution in [3.05, 3.63) is 71.8 Å². The van der Waals surface area contributed by atoms with Gasteiger partial charge in [0.1, 0.15) is 0 Å². The lowest BCUT2D eigenvalue weighted by atomic mass is 9.96. The fourth-order valence-corrected chi connectivity index (χ4v) is 4.08. The Morgan fingerprint density at radius 1 is 0.920 bits per heavy atom. The number of carbonyl (C=O) groups is 1. The van der Waals surface area contributed by atoms with Crippen LogP contribution in [0.4, 0.5) is 0 Å². The van der Waals surface area contributed by atoms with E-state index in [1.54, 1.807) is 0 Å². The molecule has 1 N–H and O–H groups in total. The average Bonchev–Trinajstić information content (AvgIpc) is 3.33. The van der Waals surface area contributed by atoms with E-state index in [4.69, 9.17) is 0 Å². The molecule has 4 heteroatoms. The van der Waals surface area contributed by atoms with Crippen molar-refractivity contribution in [3.63, 3.8) is 0 Å². The van der Waals surface area contributed by atoms with Crippen LogP contribution >= 0.6 is 12.4 Å². The molecule has 132 valence electrons. The molecule has 2 heterocycles. The van der Waals surface area contributed by atoms with Crippen LogP contribution in [0.15, 0.2) is 60.7 Å². The summed E-state index contributed by atoms with van der Waals surface area (Å²) in [6, 6.07) is 21.1. The first-order chi connectivity index (χ1) is 11.8. The van der Waals surface area contributed by atoms with E-state index >= 15 is 0 Å². The molecule has 0 bridgehead atoms. The number of hydrogen-bond acceptors (Lipinski definition) is 2. The van der Waals surface area contributed by atoms with Gasteiger partial charge >= 0.3 is 0 Å². The Morgan fingerprint density at radius 3 is 2.16 bits per heavy atom. The number of nitrogens with zero attached hydrogens (tertiary/aromatic N) is 1. The molecule has 0 saturated carbocycles. The fraction of sp³-hybridized carbons (Fsp3) is 0.381. The lowest BCUT2D eigenvalue weighted by Crippen LogP contribution is -2.42. The number of nitrogens with one attached hydrogen (secondary N) is 1. The first-order valence-corrected chi connectivity index (χ1v) is 8.93. The summed E-state index contributed by atoms with van der Waals surface area (Å²) in [7, 11) is 0. The summed E-state index contributed by atoms with van der Waals surface area (Å²) in [6.07, 6.45) is 1.99. The third-order valence-corrected chi connectivity index (χ3v) is 5.47. The smallest absolute Gasteiger partial charge is 0.239 e. The van der Waals surface area contributed by atoms with Crippen LogP contribution in [-0.2, 0) is 4.79 Å². The minimum atomic E-state index is -0.0234. The number of halogens is 1. The summed E-state index contributed by atoms with van der Waals surface area (Å²) in [4.78, 5) is 14.9. The van der Waals surface area contributed by atoms with E-state index in [0.717, 1.165) is 32.5 Å². The number of amides is 1. The van der Waals surface area contributed by atoms with Crippen LogP contribution in [0.1, 0.15) is 35.8 Å². The van der Waals surface area contributed by atoms with Crippen LogP contribution in [0.3, 0.4) is 0 Å². The number of likely N-dealkylation sites (tertiary alicyclic amines) is 1. The monoisotopic (exact) mass is 356 g/mol. The summed E-state index contributed by atoms with van der Waals surface area (Å²) >= 11 is 0. The zero-order valence-corrected chi connectivity index (χ0v) is 15.1. The van der Waals surface area contributed by atoms with Gasteiger partial charge in [-0.1, -0.05) is 60.7 Å². The van der Waals surface area contributed by atoms with Crippen molar-refractivity contribution in [2.24, 2.45) is 0 Å². The van der Waals surface area contributed by atoms with Crippen LogP contribution in [-0.4, -0.2) is 36.5 Å². The van der Waals surface area contributed by atoms with Crippen molar-refractivity contribution < 1.29 is 4.79 Å². The van der Waals surface area contributed by atoms with Gasteiger partial charge in [0.25, 0.3) is 0 Å². The minimum Gasteiger partial charge on any atom is -0.341 e. The zero-order valence-electron chi connectivity index (χ0n) is 14.3. The molecular weight excluding hydrogens is 332 g/mol. The number of hydrogen-bond donors (Lipinski definition) is 1. The van der Waals surface area contributed by atoms with Crippen molar-refractivity contribution in [2.75, 3.05) is 19.6 Å². The first kappa shape index (κ1) is 18.0. The van der Waals surface area contributed by atoms with Gasteiger partial charge in [-0.15, -0.1) is 12.4 Å². The molecule has 2 aliphatic heterocycles. The molecule has 0 spiro atoms. The van der Waals surface area contributed by atoms with Crippen LogP contribution in [0, 0.1) is 0 Å². The van der Waals surface area contributed by atoms with Crippen LogP contribution < -0.4 is 5.32 Å². The maximum Gasteiger partial charge on any atom is 0.239 e. The Bertz CT molecular complexity index is 632.